The van der Waals surface area contributed by atoms with E-state index in [1.807, 2.05) is 20.8 Å². The zero-order valence-corrected chi connectivity index (χ0v) is 13.9. The van der Waals surface area contributed by atoms with Crippen LogP contribution in [0.1, 0.15) is 33.6 Å². The van der Waals surface area contributed by atoms with Gasteiger partial charge >= 0.3 is 0 Å². The highest BCUT2D eigenvalue weighted by molar-refractivity contribution is 5.79. The Hall–Kier alpha value is -0.850. The van der Waals surface area contributed by atoms with Crippen LogP contribution in [0.5, 0.6) is 0 Å². The van der Waals surface area contributed by atoms with Gasteiger partial charge in [-0.05, 0) is 33.6 Å². The Labute approximate surface area is 128 Å². The topological polar surface area (TPSA) is 64.1 Å². The molecule has 0 amide bonds. The fraction of sp³-hybridized carbons (Fsp3) is 0.933. The lowest BCUT2D eigenvalue weighted by molar-refractivity contribution is 0.0190. The average Bonchev–Trinajstić information content (AvgIpc) is 2.97. The summed E-state index contributed by atoms with van der Waals surface area (Å²) in [6.45, 7) is 10.5. The van der Waals surface area contributed by atoms with E-state index in [9.17, 15) is 0 Å². The van der Waals surface area contributed by atoms with Crippen LogP contribution in [-0.4, -0.2) is 64.2 Å². The maximum absolute atomic E-state index is 5.62. The predicted octanol–water partition coefficient (Wildman–Crippen LogP) is 1.16. The third-order valence-electron chi connectivity index (χ3n) is 3.38. The molecule has 1 aliphatic heterocycles. The van der Waals surface area contributed by atoms with Gasteiger partial charge in [-0.25, -0.2) is 0 Å². The lowest BCUT2D eigenvalue weighted by Crippen LogP contribution is -2.40. The smallest absolute Gasteiger partial charge is 0.191 e. The van der Waals surface area contributed by atoms with Gasteiger partial charge in [0, 0.05) is 26.8 Å². The van der Waals surface area contributed by atoms with Crippen LogP contribution in [-0.2, 0) is 14.2 Å². The first-order chi connectivity index (χ1) is 10.1. The highest BCUT2D eigenvalue weighted by atomic mass is 16.5. The summed E-state index contributed by atoms with van der Waals surface area (Å²) in [6.07, 6.45) is 2.55. The molecule has 0 saturated carbocycles. The minimum atomic E-state index is -0.251. The second-order valence-corrected chi connectivity index (χ2v) is 5.80. The molecule has 6 nitrogen and oxygen atoms in total. The van der Waals surface area contributed by atoms with Gasteiger partial charge in [0.25, 0.3) is 0 Å². The molecule has 21 heavy (non-hydrogen) atoms. The first kappa shape index (κ1) is 18.2. The monoisotopic (exact) mass is 301 g/mol. The van der Waals surface area contributed by atoms with Crippen molar-refractivity contribution in [3.8, 4) is 0 Å². The van der Waals surface area contributed by atoms with Crippen molar-refractivity contribution in [2.75, 3.05) is 46.6 Å². The molecule has 1 saturated heterocycles. The number of hydrogen-bond acceptors (Lipinski definition) is 4. The van der Waals surface area contributed by atoms with E-state index in [-0.39, 0.29) is 11.7 Å². The number of rotatable bonds is 9. The van der Waals surface area contributed by atoms with Crippen molar-refractivity contribution in [1.29, 1.82) is 0 Å². The first-order valence-corrected chi connectivity index (χ1v) is 7.84. The Bertz CT molecular complexity index is 303. The largest absolute Gasteiger partial charge is 0.377 e. The molecule has 1 aliphatic rings. The number of aliphatic imine (C=N–C) groups is 1. The molecule has 0 radical (unpaired) electrons. The van der Waals surface area contributed by atoms with Crippen LogP contribution in [0.3, 0.4) is 0 Å². The summed E-state index contributed by atoms with van der Waals surface area (Å²) in [7, 11) is 1.70. The molecule has 0 spiro atoms. The summed E-state index contributed by atoms with van der Waals surface area (Å²) < 4.78 is 16.5. The third kappa shape index (κ3) is 8.24. The number of ether oxygens (including phenoxy) is 3. The van der Waals surface area contributed by atoms with Gasteiger partial charge in [0.05, 0.1) is 31.5 Å². The average molecular weight is 301 g/mol. The number of methoxy groups -OCH3 is 1. The van der Waals surface area contributed by atoms with Gasteiger partial charge in [0.15, 0.2) is 5.96 Å². The molecule has 1 fully saturated rings. The minimum absolute atomic E-state index is 0.251. The molecular formula is C15H31N3O3. The molecule has 0 aliphatic carbocycles. The Kier molecular flexibility index (Phi) is 8.64. The lowest BCUT2D eigenvalue weighted by atomic mass is 10.1. The molecule has 1 heterocycles. The molecule has 2 N–H and O–H groups in total. The highest BCUT2D eigenvalue weighted by Gasteiger charge is 2.16. The van der Waals surface area contributed by atoms with Crippen LogP contribution in [0.4, 0.5) is 0 Å². The molecule has 0 aromatic rings. The van der Waals surface area contributed by atoms with Crippen LogP contribution < -0.4 is 10.6 Å². The molecule has 1 rings (SSSR count). The second kappa shape index (κ2) is 9.97. The summed E-state index contributed by atoms with van der Waals surface area (Å²) in [5.74, 6) is 0.795. The number of nitrogens with zero attached hydrogens (tertiary/aromatic N) is 1. The van der Waals surface area contributed by atoms with Crippen LogP contribution in [0.2, 0.25) is 0 Å². The number of hydrogen-bond donors (Lipinski definition) is 2. The van der Waals surface area contributed by atoms with E-state index >= 15 is 0 Å². The van der Waals surface area contributed by atoms with Gasteiger partial charge in [0.2, 0.25) is 0 Å². The molecule has 6 heteroatoms. The van der Waals surface area contributed by atoms with E-state index in [4.69, 9.17) is 14.2 Å². The van der Waals surface area contributed by atoms with E-state index in [1.165, 1.54) is 0 Å². The van der Waals surface area contributed by atoms with Crippen molar-refractivity contribution >= 4 is 5.96 Å². The summed E-state index contributed by atoms with van der Waals surface area (Å²) >= 11 is 0. The zero-order valence-electron chi connectivity index (χ0n) is 13.9. The third-order valence-corrected chi connectivity index (χ3v) is 3.38. The molecule has 0 bridgehead atoms. The second-order valence-electron chi connectivity index (χ2n) is 5.80. The molecule has 0 aromatic heterocycles. The zero-order chi connectivity index (χ0) is 15.6. The van der Waals surface area contributed by atoms with Gasteiger partial charge in [0.1, 0.15) is 0 Å². The van der Waals surface area contributed by atoms with Gasteiger partial charge in [-0.3, -0.25) is 4.99 Å². The van der Waals surface area contributed by atoms with E-state index in [0.29, 0.717) is 19.8 Å². The fourth-order valence-electron chi connectivity index (χ4n) is 1.91. The molecule has 1 unspecified atom stereocenters. The van der Waals surface area contributed by atoms with Gasteiger partial charge < -0.3 is 24.8 Å². The van der Waals surface area contributed by atoms with Crippen molar-refractivity contribution in [1.82, 2.24) is 10.6 Å². The van der Waals surface area contributed by atoms with E-state index in [2.05, 4.69) is 15.6 Å². The SMILES string of the molecule is CCNC(=NCC(C)(C)OC)NCCOCC1CCCO1. The standard InChI is InChI=1S/C15H31N3O3/c1-5-16-14(18-12-15(2,3)19-4)17-8-10-20-11-13-7-6-9-21-13/h13H,5-12H2,1-4H3,(H2,16,17,18). The van der Waals surface area contributed by atoms with Crippen LogP contribution >= 0.6 is 0 Å². The fourth-order valence-corrected chi connectivity index (χ4v) is 1.91. The Morgan fingerprint density at radius 3 is 2.81 bits per heavy atom. The van der Waals surface area contributed by atoms with Crippen LogP contribution in [0.25, 0.3) is 0 Å². The molecule has 0 aromatic carbocycles. The summed E-state index contributed by atoms with van der Waals surface area (Å²) in [5.41, 5.74) is -0.251. The number of guanidine groups is 1. The van der Waals surface area contributed by atoms with Crippen molar-refractivity contribution in [2.24, 2.45) is 4.99 Å². The lowest BCUT2D eigenvalue weighted by Gasteiger charge is -2.21. The van der Waals surface area contributed by atoms with Crippen molar-refractivity contribution < 1.29 is 14.2 Å². The molecular weight excluding hydrogens is 270 g/mol. The van der Waals surface area contributed by atoms with E-state index < -0.39 is 0 Å². The van der Waals surface area contributed by atoms with Crippen LogP contribution in [0.15, 0.2) is 4.99 Å². The summed E-state index contributed by atoms with van der Waals surface area (Å²) in [5, 5.41) is 6.47. The van der Waals surface area contributed by atoms with Crippen molar-refractivity contribution in [3.63, 3.8) is 0 Å². The predicted molar refractivity (Wildman–Crippen MR) is 84.9 cm³/mol. The molecule has 1 atom stereocenters. The van der Waals surface area contributed by atoms with Crippen molar-refractivity contribution in [2.45, 2.75) is 45.3 Å². The Morgan fingerprint density at radius 1 is 1.38 bits per heavy atom. The van der Waals surface area contributed by atoms with Gasteiger partial charge in [-0.15, -0.1) is 0 Å². The van der Waals surface area contributed by atoms with Gasteiger partial charge in [-0.2, -0.15) is 0 Å². The Balaban J connectivity index is 2.18. The first-order valence-electron chi connectivity index (χ1n) is 7.84. The number of nitrogens with one attached hydrogen (secondary N) is 2. The maximum atomic E-state index is 5.62. The minimum Gasteiger partial charge on any atom is -0.377 e. The molecule has 124 valence electrons. The normalized spacial score (nSPS) is 19.8. The summed E-state index contributed by atoms with van der Waals surface area (Å²) in [4.78, 5) is 4.52. The maximum Gasteiger partial charge on any atom is 0.191 e. The van der Waals surface area contributed by atoms with E-state index in [1.54, 1.807) is 7.11 Å². The van der Waals surface area contributed by atoms with E-state index in [0.717, 1.165) is 38.5 Å². The van der Waals surface area contributed by atoms with Crippen molar-refractivity contribution in [3.05, 3.63) is 0 Å². The quantitative estimate of drug-likeness (QED) is 0.380. The van der Waals surface area contributed by atoms with Gasteiger partial charge in [-0.1, -0.05) is 0 Å². The highest BCUT2D eigenvalue weighted by Crippen LogP contribution is 2.11. The Morgan fingerprint density at radius 2 is 2.19 bits per heavy atom. The van der Waals surface area contributed by atoms with Crippen LogP contribution in [0, 0.1) is 0 Å². The summed E-state index contributed by atoms with van der Waals surface area (Å²) in [6, 6.07) is 0.